The van der Waals surface area contributed by atoms with Crippen molar-refractivity contribution in [2.75, 3.05) is 26.2 Å². The highest BCUT2D eigenvalue weighted by atomic mass is 31.2. The quantitative estimate of drug-likeness (QED) is 0.180. The van der Waals surface area contributed by atoms with E-state index in [4.69, 9.17) is 9.79 Å². The lowest BCUT2D eigenvalue weighted by molar-refractivity contribution is -0.137. The van der Waals surface area contributed by atoms with Gasteiger partial charge in [0.2, 0.25) is 17.7 Å². The monoisotopic (exact) mass is 383 g/mol. The summed E-state index contributed by atoms with van der Waals surface area (Å²) in [4.78, 5) is 51.3. The van der Waals surface area contributed by atoms with Crippen LogP contribution in [0.3, 0.4) is 0 Å². The van der Waals surface area contributed by atoms with Crippen LogP contribution in [0.1, 0.15) is 27.2 Å². The number of hydrogen-bond donors (Lipinski definition) is 6. The van der Waals surface area contributed by atoms with E-state index in [0.29, 0.717) is 6.54 Å². The fourth-order valence-electron chi connectivity index (χ4n) is 1.61. The molecule has 0 saturated heterocycles. The van der Waals surface area contributed by atoms with E-state index < -0.39 is 31.9 Å². The van der Waals surface area contributed by atoms with Gasteiger partial charge in [-0.2, -0.15) is 0 Å². The molecule has 146 valence electrons. The minimum absolute atomic E-state index is 0.0298. The maximum Gasteiger partial charge on any atom is 0.469 e. The van der Waals surface area contributed by atoms with Crippen molar-refractivity contribution >= 4 is 25.5 Å². The third kappa shape index (κ3) is 11.6. The predicted molar refractivity (Wildman–Crippen MR) is 87.1 cm³/mol. The molecule has 0 fully saturated rings. The van der Waals surface area contributed by atoms with E-state index in [2.05, 4.69) is 20.5 Å². The van der Waals surface area contributed by atoms with Crippen LogP contribution in [0.15, 0.2) is 0 Å². The van der Waals surface area contributed by atoms with Gasteiger partial charge in [-0.1, -0.05) is 13.8 Å². The molecule has 0 aliphatic heterocycles. The van der Waals surface area contributed by atoms with Gasteiger partial charge in [-0.25, -0.2) is 4.57 Å². The van der Waals surface area contributed by atoms with Gasteiger partial charge in [-0.15, -0.1) is 0 Å². The Balaban J connectivity index is 4.13. The average Bonchev–Trinajstić information content (AvgIpc) is 2.48. The van der Waals surface area contributed by atoms with Crippen molar-refractivity contribution in [3.8, 4) is 0 Å². The smallest absolute Gasteiger partial charge is 0.383 e. The van der Waals surface area contributed by atoms with Crippen LogP contribution in [-0.2, 0) is 23.5 Å². The molecule has 0 aromatic heterocycles. The summed E-state index contributed by atoms with van der Waals surface area (Å²) >= 11 is 0. The summed E-state index contributed by atoms with van der Waals surface area (Å²) in [6, 6.07) is 0. The molecule has 0 unspecified atom stereocenters. The van der Waals surface area contributed by atoms with Crippen LogP contribution >= 0.6 is 7.82 Å². The third-order valence-electron chi connectivity index (χ3n) is 3.07. The summed E-state index contributed by atoms with van der Waals surface area (Å²) in [5, 5.41) is 17.3. The van der Waals surface area contributed by atoms with E-state index >= 15 is 0 Å². The van der Waals surface area contributed by atoms with Gasteiger partial charge in [0.25, 0.3) is 0 Å². The molecular formula is C13H26N3O8P. The topological polar surface area (TPSA) is 174 Å². The number of carbonyl (C=O) groups excluding carboxylic acids is 3. The highest BCUT2D eigenvalue weighted by Crippen LogP contribution is 2.38. The van der Waals surface area contributed by atoms with Crippen LogP contribution in [0.2, 0.25) is 0 Å². The minimum Gasteiger partial charge on any atom is -0.383 e. The lowest BCUT2D eigenvalue weighted by Crippen LogP contribution is -2.46. The normalized spacial score (nSPS) is 13.0. The van der Waals surface area contributed by atoms with Gasteiger partial charge in [0.05, 0.1) is 6.61 Å². The molecule has 0 aromatic carbocycles. The first-order valence-electron chi connectivity index (χ1n) is 7.52. The van der Waals surface area contributed by atoms with Gasteiger partial charge >= 0.3 is 7.82 Å². The highest BCUT2D eigenvalue weighted by Gasteiger charge is 2.35. The van der Waals surface area contributed by atoms with Gasteiger partial charge < -0.3 is 30.8 Å². The second-order valence-electron chi connectivity index (χ2n) is 6.03. The van der Waals surface area contributed by atoms with Gasteiger partial charge in [0, 0.05) is 38.4 Å². The number of amides is 3. The number of aliphatic hydroxyl groups is 1. The van der Waals surface area contributed by atoms with E-state index in [9.17, 15) is 24.1 Å². The van der Waals surface area contributed by atoms with Crippen LogP contribution in [0.25, 0.3) is 0 Å². The molecule has 0 spiro atoms. The fourth-order valence-corrected chi connectivity index (χ4v) is 2.11. The highest BCUT2D eigenvalue weighted by molar-refractivity contribution is 7.46. The van der Waals surface area contributed by atoms with Crippen molar-refractivity contribution in [3.05, 3.63) is 0 Å². The van der Waals surface area contributed by atoms with Crippen LogP contribution in [-0.4, -0.2) is 65.0 Å². The van der Waals surface area contributed by atoms with E-state index in [1.807, 2.05) is 0 Å². The van der Waals surface area contributed by atoms with Crippen LogP contribution in [0.5, 0.6) is 0 Å². The third-order valence-corrected chi connectivity index (χ3v) is 3.53. The summed E-state index contributed by atoms with van der Waals surface area (Å²) in [5.41, 5.74) is -1.24. The van der Waals surface area contributed by atoms with E-state index in [-0.39, 0.29) is 31.3 Å². The van der Waals surface area contributed by atoms with E-state index in [1.165, 1.54) is 20.8 Å². The summed E-state index contributed by atoms with van der Waals surface area (Å²) in [7, 11) is -4.71. The summed E-state index contributed by atoms with van der Waals surface area (Å²) in [5.74, 6) is -1.34. The number of hydrogen-bond acceptors (Lipinski definition) is 6. The van der Waals surface area contributed by atoms with Crippen molar-refractivity contribution in [3.63, 3.8) is 0 Å². The van der Waals surface area contributed by atoms with Crippen molar-refractivity contribution < 1.29 is 38.4 Å². The number of phosphoric ester groups is 1. The molecule has 1 atom stereocenters. The Hall–Kier alpha value is -1.52. The molecule has 3 amide bonds. The molecule has 0 heterocycles. The van der Waals surface area contributed by atoms with Crippen molar-refractivity contribution in [2.24, 2.45) is 5.41 Å². The van der Waals surface area contributed by atoms with Crippen LogP contribution in [0, 0.1) is 5.41 Å². The molecule has 11 nitrogen and oxygen atoms in total. The largest absolute Gasteiger partial charge is 0.469 e. The minimum atomic E-state index is -4.71. The zero-order chi connectivity index (χ0) is 19.7. The van der Waals surface area contributed by atoms with Crippen molar-refractivity contribution in [1.29, 1.82) is 0 Å². The predicted octanol–water partition coefficient (Wildman–Crippen LogP) is -1.76. The van der Waals surface area contributed by atoms with Crippen LogP contribution in [0.4, 0.5) is 0 Å². The molecule has 25 heavy (non-hydrogen) atoms. The van der Waals surface area contributed by atoms with Gasteiger partial charge in [0.1, 0.15) is 6.10 Å². The molecule has 0 rings (SSSR count). The van der Waals surface area contributed by atoms with E-state index in [1.54, 1.807) is 0 Å². The molecule has 12 heteroatoms. The molecule has 0 bridgehead atoms. The first-order chi connectivity index (χ1) is 11.3. The Bertz CT molecular complexity index is 519. The molecular weight excluding hydrogens is 357 g/mol. The maximum atomic E-state index is 11.8. The Morgan fingerprint density at radius 1 is 1.08 bits per heavy atom. The first kappa shape index (κ1) is 23.5. The number of aliphatic hydroxyl groups excluding tert-OH is 1. The zero-order valence-electron chi connectivity index (χ0n) is 14.4. The van der Waals surface area contributed by atoms with Gasteiger partial charge in [-0.05, 0) is 0 Å². The Kier molecular flexibility index (Phi) is 9.83. The molecule has 0 saturated carbocycles. The second-order valence-corrected chi connectivity index (χ2v) is 7.27. The Morgan fingerprint density at radius 3 is 2.16 bits per heavy atom. The maximum absolute atomic E-state index is 11.8. The number of nitrogens with one attached hydrogen (secondary N) is 3. The molecule has 0 radical (unpaired) electrons. The summed E-state index contributed by atoms with van der Waals surface area (Å²) in [6.07, 6.45) is -1.61. The molecule has 0 aliphatic carbocycles. The Morgan fingerprint density at radius 2 is 1.64 bits per heavy atom. The average molecular weight is 383 g/mol. The van der Waals surface area contributed by atoms with Gasteiger partial charge in [0.15, 0.2) is 0 Å². The van der Waals surface area contributed by atoms with Crippen molar-refractivity contribution in [1.82, 2.24) is 16.0 Å². The molecule has 6 N–H and O–H groups in total. The zero-order valence-corrected chi connectivity index (χ0v) is 15.3. The number of carbonyl (C=O) groups is 3. The Labute approximate surface area is 145 Å². The summed E-state index contributed by atoms with van der Waals surface area (Å²) < 4.78 is 15.0. The first-order valence-corrected chi connectivity index (χ1v) is 9.05. The lowest BCUT2D eigenvalue weighted by atomic mass is 9.87. The second kappa shape index (κ2) is 10.5. The van der Waals surface area contributed by atoms with E-state index in [0.717, 1.165) is 0 Å². The number of rotatable bonds is 11. The molecule has 0 aromatic rings. The summed E-state index contributed by atoms with van der Waals surface area (Å²) in [6.45, 7) is 4.15. The fraction of sp³-hybridized carbons (Fsp3) is 0.769. The standard InChI is InChI=1S/C13H26N3O8P/c1-9(17)14-6-7-15-10(18)4-5-16-12(20)11(19)13(2,3)8-24-25(21,22)23/h11,19H,4-8H2,1-3H3,(H,14,17)(H,15,18)(H,16,20)(H2,21,22,23)/t11-/m0/s1. The SMILES string of the molecule is CC(=O)NCCNC(=O)CCNC(=O)[C@H](O)C(C)(C)COP(=O)(O)O. The van der Waals surface area contributed by atoms with Gasteiger partial charge in [-0.3, -0.25) is 18.9 Å². The molecule has 0 aliphatic rings. The van der Waals surface area contributed by atoms with Crippen LogP contribution < -0.4 is 16.0 Å². The lowest BCUT2D eigenvalue weighted by Gasteiger charge is -2.29. The van der Waals surface area contributed by atoms with Crippen molar-refractivity contribution in [2.45, 2.75) is 33.3 Å². The number of phosphoric acid groups is 1.